The number of ether oxygens (including phenoxy) is 1. The second-order valence-corrected chi connectivity index (χ2v) is 3.44. The SMILES string of the molecule is C=C(N)C1=CC(C(=C)OC)=NC2=CCNN21.CC.CC.CC. The van der Waals surface area contributed by atoms with E-state index in [4.69, 9.17) is 10.5 Å². The zero-order chi connectivity index (χ0) is 17.7. The molecule has 0 fully saturated rings. The highest BCUT2D eigenvalue weighted by Gasteiger charge is 2.25. The molecule has 5 nitrogen and oxygen atoms in total. The van der Waals surface area contributed by atoms with E-state index in [2.05, 4.69) is 23.6 Å². The van der Waals surface area contributed by atoms with Gasteiger partial charge in [-0.05, 0) is 12.2 Å². The van der Waals surface area contributed by atoms with Gasteiger partial charge in [0.05, 0.1) is 12.8 Å². The van der Waals surface area contributed by atoms with Crippen molar-refractivity contribution in [1.82, 2.24) is 10.4 Å². The molecule has 0 atom stereocenters. The van der Waals surface area contributed by atoms with Gasteiger partial charge in [0.15, 0.2) is 0 Å². The number of methoxy groups -OCH3 is 1. The Balaban J connectivity index is 0. The number of hydrazine groups is 1. The van der Waals surface area contributed by atoms with Crippen LogP contribution in [-0.2, 0) is 4.74 Å². The number of nitrogens with zero attached hydrogens (tertiary/aromatic N) is 2. The van der Waals surface area contributed by atoms with Crippen molar-refractivity contribution >= 4 is 5.71 Å². The monoisotopic (exact) mass is 308 g/mol. The lowest BCUT2D eigenvalue weighted by Crippen LogP contribution is -2.35. The quantitative estimate of drug-likeness (QED) is 0.780. The molecule has 0 radical (unpaired) electrons. The standard InChI is InChI=1S/C11H14N4O.3C2H6/c1-7(12)10-6-9(8(2)16-3)14-11-4-5-13-15(10)11;3*1-2/h4,6,13H,1-2,5,12H2,3H3;3*1-2H3. The number of allylic oxidation sites excluding steroid dienone is 1. The van der Waals surface area contributed by atoms with Gasteiger partial charge in [0.2, 0.25) is 0 Å². The van der Waals surface area contributed by atoms with E-state index in [-0.39, 0.29) is 0 Å². The van der Waals surface area contributed by atoms with Crippen molar-refractivity contribution in [2.24, 2.45) is 10.7 Å². The molecule has 22 heavy (non-hydrogen) atoms. The van der Waals surface area contributed by atoms with Gasteiger partial charge < -0.3 is 10.5 Å². The van der Waals surface area contributed by atoms with Gasteiger partial charge in [0.1, 0.15) is 17.3 Å². The lowest BCUT2D eigenvalue weighted by Gasteiger charge is -2.27. The van der Waals surface area contributed by atoms with E-state index in [1.54, 1.807) is 18.2 Å². The molecule has 2 aliphatic heterocycles. The number of fused-ring (bicyclic) bond motifs is 1. The summed E-state index contributed by atoms with van der Waals surface area (Å²) >= 11 is 0. The minimum absolute atomic E-state index is 0.469. The Morgan fingerprint density at radius 1 is 1.23 bits per heavy atom. The number of hydrogen-bond donors (Lipinski definition) is 2. The van der Waals surface area contributed by atoms with Gasteiger partial charge in [-0.3, -0.25) is 5.01 Å². The van der Waals surface area contributed by atoms with Crippen molar-refractivity contribution in [1.29, 1.82) is 0 Å². The van der Waals surface area contributed by atoms with Crippen LogP contribution in [0.15, 0.2) is 53.3 Å². The van der Waals surface area contributed by atoms with Gasteiger partial charge in [-0.2, -0.15) is 0 Å². The van der Waals surface area contributed by atoms with Gasteiger partial charge in [-0.1, -0.05) is 54.7 Å². The largest absolute Gasteiger partial charge is 0.495 e. The number of rotatable bonds is 3. The van der Waals surface area contributed by atoms with Crippen molar-refractivity contribution in [2.75, 3.05) is 13.7 Å². The summed E-state index contributed by atoms with van der Waals surface area (Å²) in [7, 11) is 1.56. The maximum atomic E-state index is 5.73. The van der Waals surface area contributed by atoms with Gasteiger partial charge >= 0.3 is 0 Å². The Kier molecular flexibility index (Phi) is 12.9. The first-order valence-corrected chi connectivity index (χ1v) is 7.85. The Labute approximate surface area is 135 Å². The van der Waals surface area contributed by atoms with Crippen LogP contribution in [-0.4, -0.2) is 24.4 Å². The number of aliphatic imine (C=N–C) groups is 1. The predicted octanol–water partition coefficient (Wildman–Crippen LogP) is 3.70. The second-order valence-electron chi connectivity index (χ2n) is 3.44. The maximum absolute atomic E-state index is 5.73. The molecule has 0 aliphatic carbocycles. The number of nitrogens with two attached hydrogens (primary N) is 1. The van der Waals surface area contributed by atoms with Crippen molar-refractivity contribution < 1.29 is 4.74 Å². The van der Waals surface area contributed by atoms with Crippen LogP contribution in [0.2, 0.25) is 0 Å². The molecule has 126 valence electrons. The first-order chi connectivity index (χ1) is 10.6. The summed E-state index contributed by atoms with van der Waals surface area (Å²) in [4.78, 5) is 4.39. The topological polar surface area (TPSA) is 62.9 Å². The van der Waals surface area contributed by atoms with E-state index in [1.165, 1.54) is 0 Å². The van der Waals surface area contributed by atoms with Crippen LogP contribution in [0.4, 0.5) is 0 Å². The summed E-state index contributed by atoms with van der Waals surface area (Å²) in [5.74, 6) is 1.29. The van der Waals surface area contributed by atoms with E-state index in [0.717, 1.165) is 18.1 Å². The average Bonchev–Trinajstić information content (AvgIpc) is 3.07. The highest BCUT2D eigenvalue weighted by atomic mass is 16.5. The number of nitrogens with one attached hydrogen (secondary N) is 1. The van der Waals surface area contributed by atoms with Crippen LogP contribution < -0.4 is 11.2 Å². The summed E-state index contributed by atoms with van der Waals surface area (Å²) in [6, 6.07) is 0. The Hall–Kier alpha value is -2.01. The molecule has 0 bridgehead atoms. The molecule has 0 saturated carbocycles. The Morgan fingerprint density at radius 2 is 1.77 bits per heavy atom. The van der Waals surface area contributed by atoms with Crippen LogP contribution in [0.25, 0.3) is 0 Å². The molecule has 0 amide bonds. The van der Waals surface area contributed by atoms with Gasteiger partial charge in [-0.25, -0.2) is 10.4 Å². The van der Waals surface area contributed by atoms with E-state index < -0.39 is 0 Å². The summed E-state index contributed by atoms with van der Waals surface area (Å²) in [5, 5.41) is 1.80. The first kappa shape index (κ1) is 22.3. The van der Waals surface area contributed by atoms with Crippen LogP contribution in [0.1, 0.15) is 41.5 Å². The molecule has 0 aromatic rings. The van der Waals surface area contributed by atoms with Crippen LogP contribution in [0.5, 0.6) is 0 Å². The van der Waals surface area contributed by atoms with Crippen molar-refractivity contribution in [3.8, 4) is 0 Å². The summed E-state index contributed by atoms with van der Waals surface area (Å²) in [5.41, 5.74) is 10.8. The lowest BCUT2D eigenvalue weighted by atomic mass is 10.2. The maximum Gasteiger partial charge on any atom is 0.145 e. The normalized spacial score (nSPS) is 14.1. The zero-order valence-corrected chi connectivity index (χ0v) is 15.2. The molecule has 0 spiro atoms. The molecule has 2 aliphatic rings. The molecule has 3 N–H and O–H groups in total. The molecular formula is C17H32N4O. The van der Waals surface area contributed by atoms with Gasteiger partial charge in [-0.15, -0.1) is 0 Å². The van der Waals surface area contributed by atoms with Crippen LogP contribution >= 0.6 is 0 Å². The number of hydrogen-bond acceptors (Lipinski definition) is 5. The van der Waals surface area contributed by atoms with Gasteiger partial charge in [0.25, 0.3) is 0 Å². The minimum atomic E-state index is 0.469. The average molecular weight is 308 g/mol. The fourth-order valence-corrected chi connectivity index (χ4v) is 1.54. The molecule has 0 saturated heterocycles. The molecule has 2 heterocycles. The second kappa shape index (κ2) is 12.7. The van der Waals surface area contributed by atoms with E-state index in [1.807, 2.05) is 47.6 Å². The Morgan fingerprint density at radius 3 is 2.23 bits per heavy atom. The molecule has 0 aromatic heterocycles. The van der Waals surface area contributed by atoms with E-state index in [0.29, 0.717) is 17.2 Å². The highest BCUT2D eigenvalue weighted by molar-refractivity contribution is 6.08. The van der Waals surface area contributed by atoms with Crippen molar-refractivity contribution in [3.63, 3.8) is 0 Å². The van der Waals surface area contributed by atoms with E-state index >= 15 is 0 Å². The van der Waals surface area contributed by atoms with Gasteiger partial charge in [0, 0.05) is 12.2 Å². The third-order valence-electron chi connectivity index (χ3n) is 2.37. The van der Waals surface area contributed by atoms with Crippen LogP contribution in [0, 0.1) is 0 Å². The molecular weight excluding hydrogens is 276 g/mol. The minimum Gasteiger partial charge on any atom is -0.495 e. The predicted molar refractivity (Wildman–Crippen MR) is 97.0 cm³/mol. The summed E-state index contributed by atoms with van der Waals surface area (Å²) in [6.45, 7) is 20.2. The summed E-state index contributed by atoms with van der Waals surface area (Å²) < 4.78 is 5.06. The molecule has 5 heteroatoms. The fraction of sp³-hybridized carbons (Fsp3) is 0.471. The highest BCUT2D eigenvalue weighted by Crippen LogP contribution is 2.24. The van der Waals surface area contributed by atoms with E-state index in [9.17, 15) is 0 Å². The third kappa shape index (κ3) is 5.77. The zero-order valence-electron chi connectivity index (χ0n) is 15.2. The van der Waals surface area contributed by atoms with Crippen LogP contribution in [0.3, 0.4) is 0 Å². The Bertz CT molecular complexity index is 448. The lowest BCUT2D eigenvalue weighted by molar-refractivity contribution is 0.314. The fourth-order valence-electron chi connectivity index (χ4n) is 1.54. The van der Waals surface area contributed by atoms with Crippen molar-refractivity contribution in [2.45, 2.75) is 41.5 Å². The summed E-state index contributed by atoms with van der Waals surface area (Å²) in [6.07, 6.45) is 3.75. The smallest absolute Gasteiger partial charge is 0.145 e. The van der Waals surface area contributed by atoms with Crippen molar-refractivity contribution in [3.05, 3.63) is 48.3 Å². The molecule has 0 aromatic carbocycles. The molecule has 2 rings (SSSR count). The molecule has 0 unspecified atom stereocenters. The first-order valence-electron chi connectivity index (χ1n) is 7.85. The third-order valence-corrected chi connectivity index (χ3v) is 2.37.